The van der Waals surface area contributed by atoms with Crippen LogP contribution in [0.4, 0.5) is 10.5 Å². The van der Waals surface area contributed by atoms with Crippen LogP contribution in [0.3, 0.4) is 0 Å². The average molecular weight is 356 g/mol. The van der Waals surface area contributed by atoms with Crippen molar-refractivity contribution < 1.29 is 14.4 Å². The fraction of sp³-hybridized carbons (Fsp3) is 0.526. The number of urea groups is 1. The molecule has 4 amide bonds. The summed E-state index contributed by atoms with van der Waals surface area (Å²) in [6.07, 6.45) is 3.07. The maximum absolute atomic E-state index is 12.6. The van der Waals surface area contributed by atoms with Crippen LogP contribution in [0.2, 0.25) is 0 Å². The molecule has 0 aromatic heterocycles. The van der Waals surface area contributed by atoms with E-state index in [4.69, 9.17) is 0 Å². The molecule has 1 aromatic rings. The van der Waals surface area contributed by atoms with Crippen LogP contribution in [0.25, 0.3) is 0 Å². The predicted molar refractivity (Wildman–Crippen MR) is 96.6 cm³/mol. The number of amides is 4. The molecule has 2 N–H and O–H groups in total. The Morgan fingerprint density at radius 3 is 2.58 bits per heavy atom. The van der Waals surface area contributed by atoms with Crippen molar-refractivity contribution in [2.24, 2.45) is 0 Å². The number of hydrogen-bond acceptors (Lipinski definition) is 3. The summed E-state index contributed by atoms with van der Waals surface area (Å²) in [5, 5.41) is 5.72. The first-order valence-electron chi connectivity index (χ1n) is 9.34. The van der Waals surface area contributed by atoms with Gasteiger partial charge in [0.05, 0.1) is 6.04 Å². The quantitative estimate of drug-likeness (QED) is 0.858. The van der Waals surface area contributed by atoms with Crippen LogP contribution >= 0.6 is 0 Å². The first-order valence-corrected chi connectivity index (χ1v) is 9.34. The molecule has 3 heterocycles. The normalized spacial score (nSPS) is 27.3. The first kappa shape index (κ1) is 16.9. The summed E-state index contributed by atoms with van der Waals surface area (Å²) < 4.78 is 0. The molecule has 0 saturated carbocycles. The minimum absolute atomic E-state index is 0.0342. The van der Waals surface area contributed by atoms with Crippen LogP contribution in [0.1, 0.15) is 31.7 Å². The molecule has 3 aliphatic heterocycles. The standard InChI is InChI=1S/C19H24N4O3/c1-2-12-5-7-13(8-6-12)20-19(26)21-14-10-16-18(25)22-9-3-4-15(22)17(24)23(16)11-14/h5-8,14-16H,2-4,9-11H2,1H3,(H2,20,21,26)/t14-,15+,16-/m0/s1. The van der Waals surface area contributed by atoms with E-state index in [9.17, 15) is 14.4 Å². The molecule has 0 bridgehead atoms. The number of anilines is 1. The lowest BCUT2D eigenvalue weighted by Gasteiger charge is -2.38. The number of piperazine rings is 1. The van der Waals surface area contributed by atoms with Gasteiger partial charge in [-0.15, -0.1) is 0 Å². The molecule has 3 atom stereocenters. The highest BCUT2D eigenvalue weighted by atomic mass is 16.2. The molecular weight excluding hydrogens is 332 g/mol. The van der Waals surface area contributed by atoms with Crippen LogP contribution < -0.4 is 10.6 Å². The smallest absolute Gasteiger partial charge is 0.319 e. The molecule has 4 rings (SSSR count). The molecule has 0 aliphatic carbocycles. The molecule has 7 nitrogen and oxygen atoms in total. The van der Waals surface area contributed by atoms with Crippen molar-refractivity contribution in [1.29, 1.82) is 0 Å². The Hall–Kier alpha value is -2.57. The second-order valence-electron chi connectivity index (χ2n) is 7.28. The molecule has 0 spiro atoms. The van der Waals surface area contributed by atoms with Crippen LogP contribution in [0, 0.1) is 0 Å². The Bertz CT molecular complexity index is 703. The molecule has 0 unspecified atom stereocenters. The Labute approximate surface area is 152 Å². The molecule has 26 heavy (non-hydrogen) atoms. The van der Waals surface area contributed by atoms with Gasteiger partial charge in [-0.25, -0.2) is 4.79 Å². The fourth-order valence-electron chi connectivity index (χ4n) is 4.26. The molecule has 1 aromatic carbocycles. The van der Waals surface area contributed by atoms with E-state index in [1.165, 1.54) is 5.56 Å². The van der Waals surface area contributed by atoms with Gasteiger partial charge >= 0.3 is 6.03 Å². The predicted octanol–water partition coefficient (Wildman–Crippen LogP) is 1.34. The third-order valence-electron chi connectivity index (χ3n) is 5.65. The number of carbonyl (C=O) groups is 3. The van der Waals surface area contributed by atoms with Crippen molar-refractivity contribution in [2.75, 3.05) is 18.4 Å². The van der Waals surface area contributed by atoms with Gasteiger partial charge < -0.3 is 20.4 Å². The van der Waals surface area contributed by atoms with Crippen molar-refractivity contribution in [2.45, 2.75) is 50.7 Å². The maximum Gasteiger partial charge on any atom is 0.319 e. The Morgan fingerprint density at radius 1 is 1.12 bits per heavy atom. The molecular formula is C19H24N4O3. The summed E-state index contributed by atoms with van der Waals surface area (Å²) in [7, 11) is 0. The molecule has 3 saturated heterocycles. The molecule has 138 valence electrons. The summed E-state index contributed by atoms with van der Waals surface area (Å²) in [6, 6.07) is 6.48. The van der Waals surface area contributed by atoms with Gasteiger partial charge in [0.1, 0.15) is 12.1 Å². The highest BCUT2D eigenvalue weighted by Gasteiger charge is 2.51. The van der Waals surface area contributed by atoms with E-state index in [1.807, 2.05) is 24.3 Å². The number of fused-ring (bicyclic) bond motifs is 2. The zero-order valence-electron chi connectivity index (χ0n) is 14.9. The van der Waals surface area contributed by atoms with Crippen molar-refractivity contribution in [3.05, 3.63) is 29.8 Å². The second kappa shape index (κ2) is 6.63. The molecule has 3 fully saturated rings. The average Bonchev–Trinajstić information content (AvgIpc) is 3.28. The van der Waals surface area contributed by atoms with Gasteiger partial charge in [0, 0.05) is 18.8 Å². The SMILES string of the molecule is CCc1ccc(NC(=O)N[C@H]2C[C@H]3C(=O)N4CCC[C@@H]4C(=O)N3C2)cc1. The van der Waals surface area contributed by atoms with Crippen LogP contribution in [0.5, 0.6) is 0 Å². The van der Waals surface area contributed by atoms with E-state index in [2.05, 4.69) is 17.6 Å². The highest BCUT2D eigenvalue weighted by molar-refractivity contribution is 5.98. The van der Waals surface area contributed by atoms with E-state index < -0.39 is 6.04 Å². The number of benzene rings is 1. The maximum atomic E-state index is 12.6. The van der Waals surface area contributed by atoms with Crippen molar-refractivity contribution >= 4 is 23.5 Å². The molecule has 0 radical (unpaired) electrons. The van der Waals surface area contributed by atoms with Crippen LogP contribution in [-0.2, 0) is 16.0 Å². The monoisotopic (exact) mass is 356 g/mol. The zero-order valence-corrected chi connectivity index (χ0v) is 14.9. The number of nitrogens with zero attached hydrogens (tertiary/aromatic N) is 2. The number of carbonyl (C=O) groups excluding carboxylic acids is 3. The topological polar surface area (TPSA) is 81.8 Å². The van der Waals surface area contributed by atoms with Gasteiger partial charge in [0.15, 0.2) is 0 Å². The fourth-order valence-corrected chi connectivity index (χ4v) is 4.26. The van der Waals surface area contributed by atoms with Crippen LogP contribution in [0.15, 0.2) is 24.3 Å². The van der Waals surface area contributed by atoms with Crippen molar-refractivity contribution in [1.82, 2.24) is 15.1 Å². The van der Waals surface area contributed by atoms with E-state index in [1.54, 1.807) is 9.80 Å². The van der Waals surface area contributed by atoms with Gasteiger partial charge in [-0.05, 0) is 43.4 Å². The lowest BCUT2D eigenvalue weighted by molar-refractivity contribution is -0.156. The lowest BCUT2D eigenvalue weighted by atomic mass is 10.1. The van der Waals surface area contributed by atoms with Crippen molar-refractivity contribution in [3.63, 3.8) is 0 Å². The number of rotatable bonds is 3. The summed E-state index contributed by atoms with van der Waals surface area (Å²) in [5.41, 5.74) is 1.93. The Balaban J connectivity index is 1.37. The van der Waals surface area contributed by atoms with E-state index in [0.29, 0.717) is 19.5 Å². The molecule has 7 heteroatoms. The lowest BCUT2D eigenvalue weighted by Crippen LogP contribution is -2.60. The summed E-state index contributed by atoms with van der Waals surface area (Å²) >= 11 is 0. The van der Waals surface area contributed by atoms with Crippen LogP contribution in [-0.4, -0.2) is 58.9 Å². The van der Waals surface area contributed by atoms with Gasteiger partial charge in [0.25, 0.3) is 0 Å². The van der Waals surface area contributed by atoms with Crippen molar-refractivity contribution in [3.8, 4) is 0 Å². The van der Waals surface area contributed by atoms with Gasteiger partial charge in [-0.2, -0.15) is 0 Å². The second-order valence-corrected chi connectivity index (χ2v) is 7.28. The highest BCUT2D eigenvalue weighted by Crippen LogP contribution is 2.32. The largest absolute Gasteiger partial charge is 0.333 e. The zero-order chi connectivity index (χ0) is 18.3. The number of nitrogens with one attached hydrogen (secondary N) is 2. The summed E-state index contributed by atoms with van der Waals surface area (Å²) in [4.78, 5) is 40.9. The minimum Gasteiger partial charge on any atom is -0.333 e. The Kier molecular flexibility index (Phi) is 4.30. The third-order valence-corrected chi connectivity index (χ3v) is 5.65. The van der Waals surface area contributed by atoms with E-state index in [0.717, 1.165) is 24.9 Å². The van der Waals surface area contributed by atoms with Gasteiger partial charge in [-0.3, -0.25) is 9.59 Å². The van der Waals surface area contributed by atoms with E-state index >= 15 is 0 Å². The molecule has 3 aliphatic rings. The summed E-state index contributed by atoms with van der Waals surface area (Å²) in [5.74, 6) is 0.0684. The van der Waals surface area contributed by atoms with E-state index in [-0.39, 0.29) is 29.9 Å². The van der Waals surface area contributed by atoms with Gasteiger partial charge in [0.2, 0.25) is 11.8 Å². The Morgan fingerprint density at radius 2 is 1.85 bits per heavy atom. The number of aryl methyl sites for hydroxylation is 1. The number of hydrogen-bond donors (Lipinski definition) is 2. The minimum atomic E-state index is -0.425. The van der Waals surface area contributed by atoms with Gasteiger partial charge in [-0.1, -0.05) is 19.1 Å². The first-order chi connectivity index (χ1) is 12.6. The third kappa shape index (κ3) is 2.91. The summed E-state index contributed by atoms with van der Waals surface area (Å²) in [6.45, 7) is 3.16.